The molecule has 116 valence electrons. The summed E-state index contributed by atoms with van der Waals surface area (Å²) in [6, 6.07) is 3.90. The summed E-state index contributed by atoms with van der Waals surface area (Å²) in [6.45, 7) is 1.84. The third kappa shape index (κ3) is 3.02. The molecule has 1 saturated carbocycles. The molecule has 2 aromatic rings. The SMILES string of the molecule is CSc1nc(-c2ccco2)nc(C)c1C(=O)NC1CCCC1. The molecule has 6 heteroatoms. The number of hydrogen-bond acceptors (Lipinski definition) is 5. The zero-order valence-electron chi connectivity index (χ0n) is 12.8. The smallest absolute Gasteiger partial charge is 0.256 e. The molecule has 5 nitrogen and oxygen atoms in total. The highest BCUT2D eigenvalue weighted by Gasteiger charge is 2.23. The van der Waals surface area contributed by atoms with Gasteiger partial charge < -0.3 is 9.73 Å². The molecule has 22 heavy (non-hydrogen) atoms. The molecular formula is C16H19N3O2S. The third-order valence-corrected chi connectivity index (χ3v) is 4.59. The molecule has 1 fully saturated rings. The lowest BCUT2D eigenvalue weighted by molar-refractivity contribution is 0.0933. The van der Waals surface area contributed by atoms with Gasteiger partial charge >= 0.3 is 0 Å². The second kappa shape index (κ2) is 6.52. The first-order chi connectivity index (χ1) is 10.7. The Hall–Kier alpha value is -1.82. The van der Waals surface area contributed by atoms with Crippen molar-refractivity contribution in [3.8, 4) is 11.6 Å². The van der Waals surface area contributed by atoms with Crippen LogP contribution in [0.15, 0.2) is 27.8 Å². The summed E-state index contributed by atoms with van der Waals surface area (Å²) >= 11 is 1.45. The van der Waals surface area contributed by atoms with Crippen LogP contribution in [0.25, 0.3) is 11.6 Å². The summed E-state index contributed by atoms with van der Waals surface area (Å²) < 4.78 is 5.35. The van der Waals surface area contributed by atoms with Gasteiger partial charge in [-0.1, -0.05) is 12.8 Å². The molecule has 1 aliphatic rings. The van der Waals surface area contributed by atoms with Gasteiger partial charge in [0.05, 0.1) is 17.5 Å². The van der Waals surface area contributed by atoms with E-state index in [0.29, 0.717) is 27.9 Å². The second-order valence-corrected chi connectivity index (χ2v) is 6.24. The van der Waals surface area contributed by atoms with Crippen LogP contribution in [0.5, 0.6) is 0 Å². The predicted octanol–water partition coefficient (Wildman–Crippen LogP) is 3.44. The minimum absolute atomic E-state index is 0.0697. The number of aromatic nitrogens is 2. The molecule has 0 radical (unpaired) electrons. The Kier molecular flexibility index (Phi) is 4.47. The number of nitrogens with zero attached hydrogens (tertiary/aromatic N) is 2. The Morgan fingerprint density at radius 2 is 2.14 bits per heavy atom. The van der Waals surface area contributed by atoms with Gasteiger partial charge in [0.1, 0.15) is 5.03 Å². The van der Waals surface area contributed by atoms with Crippen LogP contribution in [0.4, 0.5) is 0 Å². The van der Waals surface area contributed by atoms with Crippen LogP contribution in [0, 0.1) is 6.92 Å². The Labute approximate surface area is 133 Å². The van der Waals surface area contributed by atoms with Crippen LogP contribution in [0.3, 0.4) is 0 Å². The molecule has 0 bridgehead atoms. The molecule has 1 aliphatic carbocycles. The molecule has 0 unspecified atom stereocenters. The van der Waals surface area contributed by atoms with Crippen molar-refractivity contribution < 1.29 is 9.21 Å². The number of aryl methyl sites for hydroxylation is 1. The molecule has 0 atom stereocenters. The predicted molar refractivity (Wildman–Crippen MR) is 86.0 cm³/mol. The van der Waals surface area contributed by atoms with Crippen molar-refractivity contribution in [3.63, 3.8) is 0 Å². The van der Waals surface area contributed by atoms with Gasteiger partial charge in [0.2, 0.25) is 0 Å². The van der Waals surface area contributed by atoms with Crippen molar-refractivity contribution in [3.05, 3.63) is 29.7 Å². The van der Waals surface area contributed by atoms with E-state index in [1.807, 2.05) is 19.2 Å². The normalized spacial score (nSPS) is 15.2. The van der Waals surface area contributed by atoms with E-state index in [1.54, 1.807) is 12.3 Å². The Morgan fingerprint density at radius 3 is 2.77 bits per heavy atom. The van der Waals surface area contributed by atoms with Crippen LogP contribution < -0.4 is 5.32 Å². The summed E-state index contributed by atoms with van der Waals surface area (Å²) in [5.41, 5.74) is 1.26. The highest BCUT2D eigenvalue weighted by molar-refractivity contribution is 7.98. The van der Waals surface area contributed by atoms with Gasteiger partial charge in [-0.3, -0.25) is 4.79 Å². The molecule has 0 aliphatic heterocycles. The lowest BCUT2D eigenvalue weighted by Crippen LogP contribution is -2.33. The fourth-order valence-corrected chi connectivity index (χ4v) is 3.42. The van der Waals surface area contributed by atoms with Crippen LogP contribution in [0.1, 0.15) is 41.7 Å². The minimum atomic E-state index is -0.0697. The average Bonchev–Trinajstić information content (AvgIpc) is 3.19. The van der Waals surface area contributed by atoms with E-state index in [9.17, 15) is 4.79 Å². The number of carbonyl (C=O) groups excluding carboxylic acids is 1. The molecule has 1 amide bonds. The van der Waals surface area contributed by atoms with Crippen LogP contribution >= 0.6 is 11.8 Å². The van der Waals surface area contributed by atoms with Crippen LogP contribution in [-0.2, 0) is 0 Å². The summed E-state index contributed by atoms with van der Waals surface area (Å²) in [5, 5.41) is 3.80. The molecule has 3 rings (SSSR count). The van der Waals surface area contributed by atoms with Gasteiger partial charge in [-0.15, -0.1) is 11.8 Å². The first kappa shape index (κ1) is 15.1. The van der Waals surface area contributed by atoms with Gasteiger partial charge in [-0.05, 0) is 38.2 Å². The van der Waals surface area contributed by atoms with Gasteiger partial charge in [-0.2, -0.15) is 0 Å². The van der Waals surface area contributed by atoms with Gasteiger partial charge in [0, 0.05) is 6.04 Å². The van der Waals surface area contributed by atoms with Crippen molar-refractivity contribution in [1.29, 1.82) is 0 Å². The van der Waals surface area contributed by atoms with Crippen molar-refractivity contribution in [1.82, 2.24) is 15.3 Å². The molecular weight excluding hydrogens is 298 g/mol. The van der Waals surface area contributed by atoms with E-state index in [1.165, 1.54) is 24.6 Å². The molecule has 0 spiro atoms. The Morgan fingerprint density at radius 1 is 1.36 bits per heavy atom. The standard InChI is InChI=1S/C16H19N3O2S/c1-10-13(15(20)18-11-6-3-4-7-11)16(22-2)19-14(17-10)12-8-5-9-21-12/h5,8-9,11H,3-4,6-7H2,1-2H3,(H,18,20). The van der Waals surface area contributed by atoms with Crippen LogP contribution in [0.2, 0.25) is 0 Å². The number of nitrogens with one attached hydrogen (secondary N) is 1. The van der Waals surface area contributed by atoms with E-state index in [-0.39, 0.29) is 11.9 Å². The van der Waals surface area contributed by atoms with Crippen LogP contribution in [-0.4, -0.2) is 28.2 Å². The highest BCUT2D eigenvalue weighted by atomic mass is 32.2. The lowest BCUT2D eigenvalue weighted by Gasteiger charge is -2.15. The van der Waals surface area contributed by atoms with E-state index >= 15 is 0 Å². The van der Waals surface area contributed by atoms with Crippen molar-refractivity contribution in [2.24, 2.45) is 0 Å². The summed E-state index contributed by atoms with van der Waals surface area (Å²) in [7, 11) is 0. The van der Waals surface area contributed by atoms with Gasteiger partial charge in [0.15, 0.2) is 11.6 Å². The topological polar surface area (TPSA) is 68.0 Å². The third-order valence-electron chi connectivity index (χ3n) is 3.91. The number of furan rings is 1. The first-order valence-corrected chi connectivity index (χ1v) is 8.69. The molecule has 2 aromatic heterocycles. The average molecular weight is 317 g/mol. The number of thioether (sulfide) groups is 1. The zero-order chi connectivity index (χ0) is 15.5. The second-order valence-electron chi connectivity index (χ2n) is 5.45. The first-order valence-electron chi connectivity index (χ1n) is 7.46. The Balaban J connectivity index is 1.91. The molecule has 2 heterocycles. The summed E-state index contributed by atoms with van der Waals surface area (Å²) in [5.74, 6) is 1.06. The van der Waals surface area contributed by atoms with Crippen molar-refractivity contribution in [2.75, 3.05) is 6.26 Å². The van der Waals surface area contributed by atoms with Crippen molar-refractivity contribution in [2.45, 2.75) is 43.7 Å². The van der Waals surface area contributed by atoms with E-state index < -0.39 is 0 Å². The maximum atomic E-state index is 12.6. The quantitative estimate of drug-likeness (QED) is 0.691. The summed E-state index contributed by atoms with van der Waals surface area (Å²) in [4.78, 5) is 21.5. The summed E-state index contributed by atoms with van der Waals surface area (Å²) in [6.07, 6.45) is 8.00. The van der Waals surface area contributed by atoms with E-state index in [4.69, 9.17) is 4.42 Å². The van der Waals surface area contributed by atoms with E-state index in [2.05, 4.69) is 15.3 Å². The fourth-order valence-electron chi connectivity index (χ4n) is 2.80. The fraction of sp³-hybridized carbons (Fsp3) is 0.438. The number of rotatable bonds is 4. The Bertz CT molecular complexity index is 664. The lowest BCUT2D eigenvalue weighted by atomic mass is 10.2. The minimum Gasteiger partial charge on any atom is -0.461 e. The zero-order valence-corrected chi connectivity index (χ0v) is 13.6. The largest absolute Gasteiger partial charge is 0.461 e. The number of carbonyl (C=O) groups is 1. The molecule has 0 saturated heterocycles. The molecule has 1 N–H and O–H groups in total. The maximum Gasteiger partial charge on any atom is 0.256 e. The number of hydrogen-bond donors (Lipinski definition) is 1. The monoisotopic (exact) mass is 317 g/mol. The number of amides is 1. The van der Waals surface area contributed by atoms with Gasteiger partial charge in [-0.25, -0.2) is 9.97 Å². The maximum absolute atomic E-state index is 12.6. The van der Waals surface area contributed by atoms with Gasteiger partial charge in [0.25, 0.3) is 5.91 Å². The van der Waals surface area contributed by atoms with E-state index in [0.717, 1.165) is 12.8 Å². The molecule has 0 aromatic carbocycles. The highest BCUT2D eigenvalue weighted by Crippen LogP contribution is 2.26. The van der Waals surface area contributed by atoms with Crippen molar-refractivity contribution >= 4 is 17.7 Å².